The fourth-order valence-corrected chi connectivity index (χ4v) is 11.5. The van der Waals surface area contributed by atoms with Gasteiger partial charge in [-0.05, 0) is 89.3 Å². The van der Waals surface area contributed by atoms with E-state index in [1.807, 2.05) is 11.3 Å². The van der Waals surface area contributed by atoms with Crippen LogP contribution in [0.5, 0.6) is 0 Å². The van der Waals surface area contributed by atoms with E-state index in [2.05, 4.69) is 158 Å². The molecule has 0 saturated carbocycles. The quantitative estimate of drug-likeness (QED) is 0.183. The van der Waals surface area contributed by atoms with Crippen molar-refractivity contribution in [2.24, 2.45) is 0 Å². The van der Waals surface area contributed by atoms with Gasteiger partial charge in [0, 0.05) is 20.2 Å². The Bertz CT molecular complexity index is 2620. The Morgan fingerprint density at radius 2 is 0.681 bits per heavy atom. The normalized spacial score (nSPS) is 19.7. The molecule has 12 rings (SSSR count). The lowest BCUT2D eigenvalue weighted by atomic mass is 9.51. The Hall–Kier alpha value is -5.50. The number of rotatable bonds is 2. The van der Waals surface area contributed by atoms with Crippen LogP contribution in [0.4, 0.5) is 0 Å². The summed E-state index contributed by atoms with van der Waals surface area (Å²) in [5.74, 6) is 0. The van der Waals surface area contributed by atoms with Crippen LogP contribution in [0, 0.1) is 0 Å². The van der Waals surface area contributed by atoms with Crippen LogP contribution in [0.3, 0.4) is 0 Å². The van der Waals surface area contributed by atoms with Crippen molar-refractivity contribution >= 4 is 53.1 Å². The third kappa shape index (κ3) is 2.55. The Balaban J connectivity index is 1.35. The molecule has 216 valence electrons. The fraction of sp³-hybridized carbons (Fsp3) is 0.0435. The zero-order chi connectivity index (χ0) is 30.5. The molecule has 0 N–H and O–H groups in total. The largest absolute Gasteiger partial charge is 0.135 e. The molecule has 1 heteroatoms. The van der Waals surface area contributed by atoms with Gasteiger partial charge in [-0.25, -0.2) is 0 Å². The van der Waals surface area contributed by atoms with Crippen LogP contribution >= 0.6 is 11.3 Å². The van der Waals surface area contributed by atoms with E-state index in [-0.39, 0.29) is 0 Å². The lowest BCUT2D eigenvalue weighted by molar-refractivity contribution is 0.469. The summed E-state index contributed by atoms with van der Waals surface area (Å²) in [4.78, 5) is 0. The summed E-state index contributed by atoms with van der Waals surface area (Å²) in [5.41, 5.74) is 13.0. The maximum absolute atomic E-state index is 2.50. The van der Waals surface area contributed by atoms with Gasteiger partial charge >= 0.3 is 0 Å². The molecule has 1 aromatic heterocycles. The highest BCUT2D eigenvalue weighted by atomic mass is 32.1. The van der Waals surface area contributed by atoms with Crippen LogP contribution in [0.1, 0.15) is 33.4 Å². The first-order valence-corrected chi connectivity index (χ1v) is 17.3. The topological polar surface area (TPSA) is 0 Å². The lowest BCUT2D eigenvalue weighted by Gasteiger charge is -2.48. The molecule has 47 heavy (non-hydrogen) atoms. The van der Waals surface area contributed by atoms with Gasteiger partial charge in [0.2, 0.25) is 0 Å². The van der Waals surface area contributed by atoms with Gasteiger partial charge < -0.3 is 0 Å². The zero-order valence-electron chi connectivity index (χ0n) is 25.4. The van der Waals surface area contributed by atoms with Crippen LogP contribution < -0.4 is 0 Å². The first kappa shape index (κ1) is 24.7. The molecular weight excluding hydrogens is 585 g/mol. The minimum absolute atomic E-state index is 0.400. The van der Waals surface area contributed by atoms with E-state index in [9.17, 15) is 0 Å². The van der Waals surface area contributed by atoms with Crippen molar-refractivity contribution in [1.29, 1.82) is 0 Å². The highest BCUT2D eigenvalue weighted by Gasteiger charge is 2.68. The average Bonchev–Trinajstić information content (AvgIpc) is 3.75. The number of hydrogen-bond donors (Lipinski definition) is 0. The monoisotopic (exact) mass is 610 g/mol. The molecule has 0 atom stereocenters. The van der Waals surface area contributed by atoms with Crippen LogP contribution in [-0.4, -0.2) is 0 Å². The van der Waals surface area contributed by atoms with Crippen molar-refractivity contribution in [2.45, 2.75) is 10.8 Å². The Kier molecular flexibility index (Phi) is 4.34. The third-order valence-corrected chi connectivity index (χ3v) is 12.9. The Morgan fingerprint density at radius 3 is 1.13 bits per heavy atom. The molecule has 3 aliphatic rings. The standard InChI is InChI=1S/C46H26S/c1-3-11-27(12-4-1)29-23-25-37-41-31(29)15-7-17-33(41)45-34-18-8-16-32-30(28-13-5-2-6-14-28)24-26-38(42(32)34)46(37,45)36-20-10-22-40-44(36)43-35(45)19-9-21-39(43)47-40/h1-26H. The van der Waals surface area contributed by atoms with Crippen LogP contribution in [0.15, 0.2) is 158 Å². The van der Waals surface area contributed by atoms with E-state index in [0.29, 0.717) is 0 Å². The molecule has 0 fully saturated rings. The number of hydrogen-bond acceptors (Lipinski definition) is 1. The van der Waals surface area contributed by atoms with Crippen LogP contribution in [0.2, 0.25) is 0 Å². The summed E-state index contributed by atoms with van der Waals surface area (Å²) < 4.78 is 2.77. The van der Waals surface area contributed by atoms with Crippen molar-refractivity contribution in [3.05, 3.63) is 191 Å². The summed E-state index contributed by atoms with van der Waals surface area (Å²) in [6.07, 6.45) is 0. The average molecular weight is 611 g/mol. The molecule has 0 nitrogen and oxygen atoms in total. The smallest absolute Gasteiger partial charge is 0.0648 e. The molecule has 3 aliphatic carbocycles. The highest BCUT2D eigenvalue weighted by molar-refractivity contribution is 7.25. The molecule has 1 heterocycles. The highest BCUT2D eigenvalue weighted by Crippen LogP contribution is 2.75. The van der Waals surface area contributed by atoms with E-state index in [4.69, 9.17) is 0 Å². The van der Waals surface area contributed by atoms with E-state index in [1.54, 1.807) is 0 Å². The van der Waals surface area contributed by atoms with Gasteiger partial charge in [-0.2, -0.15) is 0 Å². The van der Waals surface area contributed by atoms with Gasteiger partial charge in [0.25, 0.3) is 0 Å². The van der Waals surface area contributed by atoms with Gasteiger partial charge in [0.05, 0.1) is 10.8 Å². The van der Waals surface area contributed by atoms with Gasteiger partial charge in [-0.3, -0.25) is 0 Å². The maximum Gasteiger partial charge on any atom is 0.0648 e. The van der Waals surface area contributed by atoms with Crippen molar-refractivity contribution in [2.75, 3.05) is 0 Å². The van der Waals surface area contributed by atoms with Gasteiger partial charge in [-0.15, -0.1) is 11.3 Å². The van der Waals surface area contributed by atoms with E-state index >= 15 is 0 Å². The second kappa shape index (κ2) is 8.25. The number of benzene rings is 8. The first-order valence-electron chi connectivity index (χ1n) is 16.5. The van der Waals surface area contributed by atoms with E-state index in [0.717, 1.165) is 0 Å². The molecule has 0 aliphatic heterocycles. The SMILES string of the molecule is c1ccc(-c2ccc3c4c(cccc24)C24c5cccc6c(-c7ccccc7)ccc(c56)C32c2cccc3sc5cccc4c5c23)cc1. The molecule has 0 bridgehead atoms. The maximum atomic E-state index is 2.50. The minimum Gasteiger partial charge on any atom is -0.135 e. The molecule has 0 unspecified atom stereocenters. The predicted octanol–water partition coefficient (Wildman–Crippen LogP) is 12.0. The van der Waals surface area contributed by atoms with Crippen molar-refractivity contribution < 1.29 is 0 Å². The predicted molar refractivity (Wildman–Crippen MR) is 198 cm³/mol. The van der Waals surface area contributed by atoms with Crippen molar-refractivity contribution in [3.63, 3.8) is 0 Å². The van der Waals surface area contributed by atoms with Gasteiger partial charge in [-0.1, -0.05) is 146 Å². The molecular formula is C46H26S. The molecule has 8 aromatic carbocycles. The number of thiophene rings is 1. The van der Waals surface area contributed by atoms with Crippen molar-refractivity contribution in [3.8, 4) is 22.3 Å². The Morgan fingerprint density at radius 1 is 0.298 bits per heavy atom. The second-order valence-corrected chi connectivity index (χ2v) is 14.6. The summed E-state index contributed by atoms with van der Waals surface area (Å²) in [6.45, 7) is 0. The lowest BCUT2D eigenvalue weighted by Crippen LogP contribution is -2.47. The fourth-order valence-electron chi connectivity index (χ4n) is 10.4. The van der Waals surface area contributed by atoms with Gasteiger partial charge in [0.1, 0.15) is 0 Å². The van der Waals surface area contributed by atoms with E-state index < -0.39 is 10.8 Å². The Labute approximate surface area is 276 Å². The molecule has 0 spiro atoms. The van der Waals surface area contributed by atoms with Crippen LogP contribution in [0.25, 0.3) is 64.0 Å². The van der Waals surface area contributed by atoms with Crippen LogP contribution in [-0.2, 0) is 10.8 Å². The molecule has 0 radical (unpaired) electrons. The van der Waals surface area contributed by atoms with Gasteiger partial charge in [0.15, 0.2) is 0 Å². The third-order valence-electron chi connectivity index (χ3n) is 11.8. The molecule has 0 saturated heterocycles. The zero-order valence-corrected chi connectivity index (χ0v) is 26.2. The van der Waals surface area contributed by atoms with E-state index in [1.165, 1.54) is 97.4 Å². The summed E-state index contributed by atoms with van der Waals surface area (Å²) >= 11 is 1.95. The molecule has 9 aromatic rings. The first-order chi connectivity index (χ1) is 23.3. The summed E-state index contributed by atoms with van der Waals surface area (Å²) in [5, 5.41) is 8.42. The molecule has 0 amide bonds. The minimum atomic E-state index is -0.400. The summed E-state index contributed by atoms with van der Waals surface area (Å²) in [7, 11) is 0. The summed E-state index contributed by atoms with van der Waals surface area (Å²) in [6, 6.07) is 60.2. The van der Waals surface area contributed by atoms with Crippen molar-refractivity contribution in [1.82, 2.24) is 0 Å². The second-order valence-electron chi connectivity index (χ2n) is 13.5.